The summed E-state index contributed by atoms with van der Waals surface area (Å²) >= 11 is 0. The van der Waals surface area contributed by atoms with Crippen molar-refractivity contribution in [1.29, 1.82) is 0 Å². The van der Waals surface area contributed by atoms with E-state index in [1.54, 1.807) is 5.46 Å². The number of fused-ring (bicyclic) bond motifs is 8. The van der Waals surface area contributed by atoms with Crippen molar-refractivity contribution < 1.29 is 0 Å². The molecular formula is C61H53BN2. The number of aryl methyl sites for hydroxylation is 1. The van der Waals surface area contributed by atoms with Crippen LogP contribution in [0.2, 0.25) is 0 Å². The molecule has 0 fully saturated rings. The average molecular weight is 825 g/mol. The Bertz CT molecular complexity index is 3090. The Kier molecular flexibility index (Phi) is 8.70. The second-order valence-corrected chi connectivity index (χ2v) is 19.7. The topological polar surface area (TPSA) is 6.48 Å². The summed E-state index contributed by atoms with van der Waals surface area (Å²) in [6, 6.07) is 70.6. The van der Waals surface area contributed by atoms with E-state index in [2.05, 4.69) is 239 Å². The van der Waals surface area contributed by atoms with Gasteiger partial charge in [-0.3, -0.25) is 0 Å². The summed E-state index contributed by atoms with van der Waals surface area (Å²) in [5, 5.41) is 0. The molecule has 64 heavy (non-hydrogen) atoms. The van der Waals surface area contributed by atoms with Crippen LogP contribution in [0.5, 0.6) is 0 Å². The summed E-state index contributed by atoms with van der Waals surface area (Å²) in [6.07, 6.45) is 0.984. The molecule has 2 atom stereocenters. The van der Waals surface area contributed by atoms with Crippen molar-refractivity contribution in [2.75, 3.05) is 9.80 Å². The van der Waals surface area contributed by atoms with Crippen molar-refractivity contribution in [2.24, 2.45) is 5.92 Å². The molecule has 8 aromatic carbocycles. The largest absolute Gasteiger partial charge is 0.310 e. The fourth-order valence-corrected chi connectivity index (χ4v) is 12.6. The number of allylic oxidation sites excluding steroid dienone is 2. The van der Waals surface area contributed by atoms with Gasteiger partial charge in [0.25, 0.3) is 0 Å². The van der Waals surface area contributed by atoms with Crippen molar-refractivity contribution in [3.63, 3.8) is 0 Å². The van der Waals surface area contributed by atoms with Gasteiger partial charge in [-0.05, 0) is 136 Å². The van der Waals surface area contributed by atoms with Gasteiger partial charge >= 0.3 is 0 Å². The third kappa shape index (κ3) is 5.59. The lowest BCUT2D eigenvalue weighted by molar-refractivity contribution is 0.562. The van der Waals surface area contributed by atoms with E-state index < -0.39 is 0 Å². The van der Waals surface area contributed by atoms with E-state index in [1.807, 2.05) is 0 Å². The fraction of sp³-hybridized carbons (Fsp3) is 0.180. The Labute approximate surface area is 379 Å². The molecule has 0 aromatic heterocycles. The number of para-hydroxylation sites is 4. The maximum atomic E-state index is 2.58. The Hall–Kier alpha value is -6.84. The molecule has 4 aliphatic rings. The van der Waals surface area contributed by atoms with E-state index in [0.29, 0.717) is 0 Å². The predicted octanol–water partition coefficient (Wildman–Crippen LogP) is 13.6. The monoisotopic (exact) mass is 824 g/mol. The highest BCUT2D eigenvalue weighted by atomic mass is 15.1. The summed E-state index contributed by atoms with van der Waals surface area (Å²) in [5.74, 6) is 0.536. The molecule has 2 nitrogen and oxygen atoms in total. The highest BCUT2D eigenvalue weighted by Gasteiger charge is 2.51. The number of nitrogens with zero attached hydrogens (tertiary/aromatic N) is 2. The molecule has 3 heteroatoms. The maximum absolute atomic E-state index is 2.58. The number of anilines is 6. The van der Waals surface area contributed by atoms with Gasteiger partial charge in [0, 0.05) is 44.8 Å². The fourth-order valence-electron chi connectivity index (χ4n) is 12.6. The summed E-state index contributed by atoms with van der Waals surface area (Å²) in [5.41, 5.74) is 25.6. The molecule has 2 aliphatic carbocycles. The molecule has 310 valence electrons. The Balaban J connectivity index is 1.18. The highest BCUT2D eigenvalue weighted by Crippen LogP contribution is 2.61. The number of hydrogen-bond acceptors (Lipinski definition) is 2. The van der Waals surface area contributed by atoms with Crippen LogP contribution in [-0.2, 0) is 17.3 Å². The summed E-state index contributed by atoms with van der Waals surface area (Å²) in [6.45, 7) is 15.0. The molecule has 12 rings (SSSR count). The summed E-state index contributed by atoms with van der Waals surface area (Å²) in [4.78, 5) is 4.96. The third-order valence-corrected chi connectivity index (χ3v) is 15.5. The lowest BCUT2D eigenvalue weighted by Crippen LogP contribution is -2.61. The minimum Gasteiger partial charge on any atom is -0.310 e. The number of benzene rings is 8. The zero-order chi connectivity index (χ0) is 43.5. The first-order chi connectivity index (χ1) is 31.1. The third-order valence-electron chi connectivity index (χ3n) is 15.5. The van der Waals surface area contributed by atoms with Crippen LogP contribution >= 0.6 is 0 Å². The predicted molar refractivity (Wildman–Crippen MR) is 272 cm³/mol. The van der Waals surface area contributed by atoms with E-state index in [1.165, 1.54) is 78.0 Å². The van der Waals surface area contributed by atoms with Gasteiger partial charge in [-0.15, -0.1) is 0 Å². The van der Waals surface area contributed by atoms with Crippen molar-refractivity contribution in [3.8, 4) is 0 Å². The van der Waals surface area contributed by atoms with Gasteiger partial charge in [0.05, 0.1) is 5.69 Å². The van der Waals surface area contributed by atoms with E-state index >= 15 is 0 Å². The standard InChI is InChI=1S/C61H53BN2/c1-39-35-48-47-38-49-53(62-54-30-20-19-29-50(54)60(3,4)52(36-39)59(48)62)33-34-55(64(43-25-15-9-16-26-43)44-27-17-10-18-28-44)57(49)58-56(40(47)2)46-32-31-45(37-51(46)61(58,5)6)63(41-21-11-7-12-22-41)42-23-13-8-14-24-42/h7-37,40,47H,38H2,1-6H3/t40-,47+/m0/s1. The zero-order valence-electron chi connectivity index (χ0n) is 37.7. The summed E-state index contributed by atoms with van der Waals surface area (Å²) in [7, 11) is 0. The molecule has 2 heterocycles. The molecule has 2 aliphatic heterocycles. The van der Waals surface area contributed by atoms with Crippen LogP contribution in [-0.4, -0.2) is 6.71 Å². The molecule has 0 unspecified atom stereocenters. The van der Waals surface area contributed by atoms with Gasteiger partial charge in [0.1, 0.15) is 0 Å². The highest BCUT2D eigenvalue weighted by molar-refractivity contribution is 6.97. The Morgan fingerprint density at radius 2 is 1.06 bits per heavy atom. The van der Waals surface area contributed by atoms with Gasteiger partial charge in [0.2, 0.25) is 6.71 Å². The molecular weight excluding hydrogens is 771 g/mol. The van der Waals surface area contributed by atoms with Crippen molar-refractivity contribution in [1.82, 2.24) is 0 Å². The molecule has 0 saturated heterocycles. The zero-order valence-corrected chi connectivity index (χ0v) is 37.7. The Morgan fingerprint density at radius 1 is 0.500 bits per heavy atom. The minimum absolute atomic E-state index is 0.127. The lowest BCUT2D eigenvalue weighted by atomic mass is 9.30. The quantitative estimate of drug-likeness (QED) is 0.154. The van der Waals surface area contributed by atoms with Gasteiger partial charge in [-0.25, -0.2) is 0 Å². The van der Waals surface area contributed by atoms with Gasteiger partial charge in [-0.1, -0.05) is 178 Å². The lowest BCUT2D eigenvalue weighted by Gasteiger charge is -2.41. The van der Waals surface area contributed by atoms with Crippen LogP contribution in [0.15, 0.2) is 188 Å². The van der Waals surface area contributed by atoms with Crippen LogP contribution in [0.3, 0.4) is 0 Å². The van der Waals surface area contributed by atoms with Crippen LogP contribution in [0, 0.1) is 12.8 Å². The van der Waals surface area contributed by atoms with Gasteiger partial charge in [0.15, 0.2) is 0 Å². The maximum Gasteiger partial charge on any atom is 0.242 e. The van der Waals surface area contributed by atoms with Crippen molar-refractivity contribution >= 4 is 68.4 Å². The number of hydrogen-bond donors (Lipinski definition) is 0. The average Bonchev–Trinajstić information content (AvgIpc) is 3.39. The van der Waals surface area contributed by atoms with Gasteiger partial charge < -0.3 is 9.80 Å². The summed E-state index contributed by atoms with van der Waals surface area (Å²) < 4.78 is 0. The molecule has 0 saturated carbocycles. The first-order valence-corrected chi connectivity index (χ1v) is 23.2. The first-order valence-electron chi connectivity index (χ1n) is 23.2. The number of rotatable bonds is 6. The molecule has 0 N–H and O–H groups in total. The Morgan fingerprint density at radius 3 is 1.67 bits per heavy atom. The van der Waals surface area contributed by atoms with Crippen LogP contribution in [0.4, 0.5) is 34.1 Å². The second kappa shape index (κ2) is 14.3. The molecule has 0 spiro atoms. The second-order valence-electron chi connectivity index (χ2n) is 19.7. The normalized spacial score (nSPS) is 17.9. The molecule has 8 aromatic rings. The smallest absolute Gasteiger partial charge is 0.242 e. The van der Waals surface area contributed by atoms with E-state index in [9.17, 15) is 0 Å². The van der Waals surface area contributed by atoms with Crippen molar-refractivity contribution in [3.05, 3.63) is 233 Å². The minimum atomic E-state index is -0.323. The van der Waals surface area contributed by atoms with Gasteiger partial charge in [-0.2, -0.15) is 0 Å². The molecule has 0 amide bonds. The van der Waals surface area contributed by atoms with E-state index in [4.69, 9.17) is 0 Å². The van der Waals surface area contributed by atoms with E-state index in [0.717, 1.165) is 29.2 Å². The van der Waals surface area contributed by atoms with Crippen molar-refractivity contribution in [2.45, 2.75) is 64.7 Å². The molecule has 0 radical (unpaired) electrons. The first kappa shape index (κ1) is 38.8. The SMILES string of the molecule is Cc1cc2c3c(c1)C(C)(C)c1ccccc1B3c1ccc(N(c3ccccc3)c3ccccc3)c3c1C[C@@H]2[C@H](C)C1=C3C(C)(C)c2cc(N(c3ccccc3)c3ccccc3)ccc21. The van der Waals surface area contributed by atoms with Crippen LogP contribution in [0.1, 0.15) is 85.0 Å². The molecule has 2 bridgehead atoms. The van der Waals surface area contributed by atoms with E-state index in [-0.39, 0.29) is 29.4 Å². The van der Waals surface area contributed by atoms with Crippen LogP contribution < -0.4 is 26.2 Å². The van der Waals surface area contributed by atoms with Crippen LogP contribution in [0.25, 0.3) is 11.1 Å².